The molecule has 0 aliphatic rings. The van der Waals surface area contributed by atoms with Crippen molar-refractivity contribution in [2.75, 3.05) is 7.11 Å². The van der Waals surface area contributed by atoms with Gasteiger partial charge in [-0.1, -0.05) is 17.7 Å². The molecule has 1 atom stereocenters. The quantitative estimate of drug-likeness (QED) is 0.709. The molecule has 1 heterocycles. The maximum Gasteiger partial charge on any atom is 0.306 e. The maximum atomic E-state index is 13.5. The number of ether oxygens (including phenoxy) is 1. The number of phenolic OH excluding ortho intramolecular Hbond substituents is 1. The molecule has 0 amide bonds. The first-order valence-corrected chi connectivity index (χ1v) is 8.08. The van der Waals surface area contributed by atoms with Crippen LogP contribution in [0.1, 0.15) is 23.5 Å². The lowest BCUT2D eigenvalue weighted by Gasteiger charge is -2.18. The van der Waals surface area contributed by atoms with E-state index in [9.17, 15) is 14.3 Å². The number of aromatic nitrogens is 2. The molecule has 2 aromatic carbocycles. The van der Waals surface area contributed by atoms with Gasteiger partial charge in [-0.25, -0.2) is 4.39 Å². The Morgan fingerprint density at radius 3 is 2.88 bits per heavy atom. The zero-order chi connectivity index (χ0) is 17.3. The van der Waals surface area contributed by atoms with Gasteiger partial charge in [-0.15, -0.1) is 0 Å². The second-order valence-corrected chi connectivity index (χ2v) is 6.07. The molecular formula is C16H12ClFN2O3S. The monoisotopic (exact) mass is 366 g/mol. The third-order valence-electron chi connectivity index (χ3n) is 3.74. The molecule has 3 rings (SSSR count). The molecule has 0 unspecified atom stereocenters. The molecule has 1 N–H and O–H groups in total. The Kier molecular flexibility index (Phi) is 4.64. The average molecular weight is 367 g/mol. The van der Waals surface area contributed by atoms with Gasteiger partial charge in [-0.05, 0) is 29.8 Å². The summed E-state index contributed by atoms with van der Waals surface area (Å²) in [4.78, 5) is 11.9. The van der Waals surface area contributed by atoms with E-state index in [-0.39, 0.29) is 17.2 Å². The lowest BCUT2D eigenvalue weighted by Crippen LogP contribution is -2.11. The van der Waals surface area contributed by atoms with Crippen molar-refractivity contribution in [2.45, 2.75) is 12.3 Å². The number of methoxy groups -OCH3 is 1. The number of benzene rings is 2. The Morgan fingerprint density at radius 2 is 2.17 bits per heavy atom. The summed E-state index contributed by atoms with van der Waals surface area (Å²) in [7, 11) is 1.28. The number of hydrogen-bond acceptors (Lipinski definition) is 6. The van der Waals surface area contributed by atoms with Crippen LogP contribution in [0.3, 0.4) is 0 Å². The predicted octanol–water partition coefficient (Wildman–Crippen LogP) is 3.88. The number of hydrogen-bond donors (Lipinski definition) is 1. The van der Waals surface area contributed by atoms with Crippen molar-refractivity contribution in [1.82, 2.24) is 8.75 Å². The summed E-state index contributed by atoms with van der Waals surface area (Å²) >= 11 is 6.88. The minimum atomic E-state index is -0.594. The van der Waals surface area contributed by atoms with Gasteiger partial charge in [-0.3, -0.25) is 4.79 Å². The summed E-state index contributed by atoms with van der Waals surface area (Å²) in [5.74, 6) is -1.65. The Hall–Kier alpha value is -2.25. The van der Waals surface area contributed by atoms with Gasteiger partial charge in [0.1, 0.15) is 22.6 Å². The molecule has 0 saturated carbocycles. The van der Waals surface area contributed by atoms with Crippen molar-refractivity contribution in [3.8, 4) is 5.75 Å². The summed E-state index contributed by atoms with van der Waals surface area (Å²) in [5.41, 5.74) is 2.11. The fourth-order valence-electron chi connectivity index (χ4n) is 2.57. The van der Waals surface area contributed by atoms with Crippen LogP contribution < -0.4 is 0 Å². The second-order valence-electron chi connectivity index (χ2n) is 5.14. The lowest BCUT2D eigenvalue weighted by atomic mass is 9.87. The highest BCUT2D eigenvalue weighted by Gasteiger charge is 2.26. The third-order valence-corrected chi connectivity index (χ3v) is 4.57. The highest BCUT2D eigenvalue weighted by molar-refractivity contribution is 7.00. The molecule has 0 spiro atoms. The van der Waals surface area contributed by atoms with Crippen LogP contribution in [0.5, 0.6) is 5.75 Å². The van der Waals surface area contributed by atoms with E-state index in [2.05, 4.69) is 8.75 Å². The van der Waals surface area contributed by atoms with Crippen molar-refractivity contribution in [3.63, 3.8) is 0 Å². The molecule has 24 heavy (non-hydrogen) atoms. The largest absolute Gasteiger partial charge is 0.508 e. The van der Waals surface area contributed by atoms with Gasteiger partial charge in [-0.2, -0.15) is 8.75 Å². The van der Waals surface area contributed by atoms with Gasteiger partial charge in [0.15, 0.2) is 0 Å². The minimum absolute atomic E-state index is 0.0236. The van der Waals surface area contributed by atoms with Crippen LogP contribution in [0.4, 0.5) is 4.39 Å². The number of carbonyl (C=O) groups excluding carboxylic acids is 1. The first-order chi connectivity index (χ1) is 11.5. The van der Waals surface area contributed by atoms with E-state index >= 15 is 0 Å². The molecular weight excluding hydrogens is 355 g/mol. The van der Waals surface area contributed by atoms with Crippen LogP contribution >= 0.6 is 23.3 Å². The zero-order valence-electron chi connectivity index (χ0n) is 12.5. The van der Waals surface area contributed by atoms with Gasteiger partial charge >= 0.3 is 5.97 Å². The minimum Gasteiger partial charge on any atom is -0.508 e. The second kappa shape index (κ2) is 6.70. The van der Waals surface area contributed by atoms with Crippen LogP contribution in [-0.2, 0) is 9.53 Å². The van der Waals surface area contributed by atoms with Gasteiger partial charge in [0.05, 0.1) is 30.3 Å². The Bertz CT molecular complexity index is 915. The lowest BCUT2D eigenvalue weighted by molar-refractivity contribution is -0.140. The first kappa shape index (κ1) is 16.6. The molecule has 0 radical (unpaired) electrons. The van der Waals surface area contributed by atoms with Gasteiger partial charge < -0.3 is 9.84 Å². The fourth-order valence-corrected chi connectivity index (χ4v) is 3.31. The highest BCUT2D eigenvalue weighted by Crippen LogP contribution is 2.39. The van der Waals surface area contributed by atoms with Crippen LogP contribution in [0.25, 0.3) is 11.0 Å². The summed E-state index contributed by atoms with van der Waals surface area (Å²) in [5, 5.41) is 10.3. The van der Waals surface area contributed by atoms with Crippen molar-refractivity contribution < 1.29 is 19.0 Å². The van der Waals surface area contributed by atoms with Gasteiger partial charge in [0, 0.05) is 11.5 Å². The number of fused-ring (bicyclic) bond motifs is 1. The summed E-state index contributed by atoms with van der Waals surface area (Å²) < 4.78 is 26.6. The molecule has 3 aromatic rings. The first-order valence-electron chi connectivity index (χ1n) is 6.97. The van der Waals surface area contributed by atoms with Crippen LogP contribution in [0, 0.1) is 5.82 Å². The van der Waals surface area contributed by atoms with E-state index in [1.165, 1.54) is 31.4 Å². The molecule has 8 heteroatoms. The molecule has 0 bridgehead atoms. The van der Waals surface area contributed by atoms with Crippen LogP contribution in [0.15, 0.2) is 30.3 Å². The molecule has 1 aromatic heterocycles. The number of aromatic hydroxyl groups is 1. The molecule has 5 nitrogen and oxygen atoms in total. The normalized spacial score (nSPS) is 12.3. The van der Waals surface area contributed by atoms with E-state index in [1.54, 1.807) is 6.07 Å². The Balaban J connectivity index is 2.20. The van der Waals surface area contributed by atoms with Crippen LogP contribution in [0.2, 0.25) is 5.02 Å². The highest BCUT2D eigenvalue weighted by atomic mass is 35.5. The summed E-state index contributed by atoms with van der Waals surface area (Å²) in [6, 6.07) is 7.31. The van der Waals surface area contributed by atoms with Crippen molar-refractivity contribution >= 4 is 40.3 Å². The molecule has 0 aliphatic heterocycles. The van der Waals surface area contributed by atoms with Gasteiger partial charge in [0.25, 0.3) is 0 Å². The van der Waals surface area contributed by atoms with E-state index in [0.717, 1.165) is 11.7 Å². The maximum absolute atomic E-state index is 13.5. The standard InChI is InChI=1S/C16H12ClFN2O3S/c1-23-14(22)7-9(8-2-3-11(18)10(17)6-8)15-13(21)5-4-12-16(15)20-24-19-12/h2-6,9,21H,7H2,1H3/t9-/m0/s1. The predicted molar refractivity (Wildman–Crippen MR) is 89.0 cm³/mol. The van der Waals surface area contributed by atoms with Crippen molar-refractivity contribution in [2.24, 2.45) is 0 Å². The summed E-state index contributed by atoms with van der Waals surface area (Å²) in [6.45, 7) is 0. The van der Waals surface area contributed by atoms with Crippen molar-refractivity contribution in [3.05, 3.63) is 52.3 Å². The van der Waals surface area contributed by atoms with E-state index in [1.807, 2.05) is 0 Å². The van der Waals surface area contributed by atoms with Gasteiger partial charge in [0.2, 0.25) is 0 Å². The van der Waals surface area contributed by atoms with Crippen LogP contribution in [-0.4, -0.2) is 26.9 Å². The number of esters is 1. The van der Waals surface area contributed by atoms with E-state index in [4.69, 9.17) is 16.3 Å². The number of phenols is 1. The average Bonchev–Trinajstić information content (AvgIpc) is 3.04. The van der Waals surface area contributed by atoms with E-state index in [0.29, 0.717) is 22.2 Å². The Morgan fingerprint density at radius 1 is 1.38 bits per heavy atom. The number of halogens is 2. The molecule has 124 valence electrons. The van der Waals surface area contributed by atoms with Crippen molar-refractivity contribution in [1.29, 1.82) is 0 Å². The summed E-state index contributed by atoms with van der Waals surface area (Å²) in [6.07, 6.45) is -0.0529. The molecule has 0 saturated heterocycles. The number of carbonyl (C=O) groups is 1. The Labute approximate surface area is 146 Å². The smallest absolute Gasteiger partial charge is 0.306 e. The number of rotatable bonds is 4. The third kappa shape index (κ3) is 3.05. The topological polar surface area (TPSA) is 72.3 Å². The zero-order valence-corrected chi connectivity index (χ0v) is 14.1. The van der Waals surface area contributed by atoms with E-state index < -0.39 is 17.7 Å². The molecule has 0 fully saturated rings. The molecule has 0 aliphatic carbocycles. The number of nitrogens with zero attached hydrogens (tertiary/aromatic N) is 2. The fraction of sp³-hybridized carbons (Fsp3) is 0.188. The SMILES string of the molecule is COC(=O)C[C@@H](c1ccc(F)c(Cl)c1)c1c(O)ccc2nsnc12.